The molecule has 1 saturated carbocycles. The SMILES string of the molecule is CCCCNC(=O)C1CCC(C)N(C(=O)C2CC23CCNCC3)C1.Cl. The summed E-state index contributed by atoms with van der Waals surface area (Å²) in [6, 6.07) is 0.275. The van der Waals surface area contributed by atoms with Crippen LogP contribution in [0.1, 0.15) is 58.8 Å². The van der Waals surface area contributed by atoms with Crippen molar-refractivity contribution in [3.63, 3.8) is 0 Å². The Morgan fingerprint density at radius 1 is 1.24 bits per heavy atom. The largest absolute Gasteiger partial charge is 0.356 e. The van der Waals surface area contributed by atoms with Crippen molar-refractivity contribution in [1.29, 1.82) is 0 Å². The molecule has 3 rings (SSSR count). The predicted octanol–water partition coefficient (Wildman–Crippen LogP) is 2.34. The second-order valence-electron chi connectivity index (χ2n) is 8.13. The minimum absolute atomic E-state index is 0. The van der Waals surface area contributed by atoms with Crippen LogP contribution in [0.2, 0.25) is 0 Å². The standard InChI is InChI=1S/C19H33N3O2.ClH/c1-3-4-9-21-17(23)15-6-5-14(2)22(13-15)18(24)16-12-19(16)7-10-20-11-8-19;/h14-16,20H,3-13H2,1-2H3,(H,21,23);1H. The van der Waals surface area contributed by atoms with Crippen LogP contribution in [0.15, 0.2) is 0 Å². The summed E-state index contributed by atoms with van der Waals surface area (Å²) in [5.74, 6) is 0.643. The van der Waals surface area contributed by atoms with Crippen molar-refractivity contribution in [1.82, 2.24) is 15.5 Å². The van der Waals surface area contributed by atoms with Crippen LogP contribution in [-0.2, 0) is 9.59 Å². The molecule has 0 aromatic rings. The highest BCUT2D eigenvalue weighted by molar-refractivity contribution is 5.85. The van der Waals surface area contributed by atoms with Gasteiger partial charge in [-0.05, 0) is 64.0 Å². The monoisotopic (exact) mass is 371 g/mol. The Kier molecular flexibility index (Phi) is 7.15. The van der Waals surface area contributed by atoms with Crippen LogP contribution in [0.4, 0.5) is 0 Å². The third-order valence-electron chi connectivity index (χ3n) is 6.45. The Balaban J connectivity index is 0.00000225. The lowest BCUT2D eigenvalue weighted by Crippen LogP contribution is -2.50. The molecule has 144 valence electrons. The van der Waals surface area contributed by atoms with Crippen molar-refractivity contribution in [2.24, 2.45) is 17.3 Å². The lowest BCUT2D eigenvalue weighted by molar-refractivity contribution is -0.140. The summed E-state index contributed by atoms with van der Waals surface area (Å²) in [6.07, 6.45) is 7.28. The second-order valence-corrected chi connectivity index (χ2v) is 8.13. The van der Waals surface area contributed by atoms with Gasteiger partial charge in [-0.15, -0.1) is 12.4 Å². The summed E-state index contributed by atoms with van der Waals surface area (Å²) in [6.45, 7) is 7.72. The third kappa shape index (κ3) is 4.48. The molecule has 3 atom stereocenters. The van der Waals surface area contributed by atoms with Gasteiger partial charge in [-0.25, -0.2) is 0 Å². The number of nitrogens with one attached hydrogen (secondary N) is 2. The van der Waals surface area contributed by atoms with E-state index in [1.807, 2.05) is 4.90 Å². The van der Waals surface area contributed by atoms with Crippen LogP contribution in [0.5, 0.6) is 0 Å². The number of carbonyl (C=O) groups is 2. The lowest BCUT2D eigenvalue weighted by Gasteiger charge is -2.38. The van der Waals surface area contributed by atoms with E-state index in [1.54, 1.807) is 0 Å². The fourth-order valence-electron chi connectivity index (χ4n) is 4.54. The van der Waals surface area contributed by atoms with E-state index in [0.29, 0.717) is 12.5 Å². The zero-order valence-corrected chi connectivity index (χ0v) is 16.5. The maximum Gasteiger partial charge on any atom is 0.226 e. The molecule has 2 N–H and O–H groups in total. The highest BCUT2D eigenvalue weighted by Crippen LogP contribution is 2.59. The minimum atomic E-state index is -0.0234. The van der Waals surface area contributed by atoms with E-state index < -0.39 is 0 Å². The molecule has 25 heavy (non-hydrogen) atoms. The molecule has 3 unspecified atom stereocenters. The molecular formula is C19H34ClN3O2. The highest BCUT2D eigenvalue weighted by Gasteiger charge is 2.59. The predicted molar refractivity (Wildman–Crippen MR) is 102 cm³/mol. The number of likely N-dealkylation sites (tertiary alicyclic amines) is 1. The first-order chi connectivity index (χ1) is 11.6. The molecule has 3 fully saturated rings. The molecule has 0 bridgehead atoms. The Morgan fingerprint density at radius 2 is 1.96 bits per heavy atom. The van der Waals surface area contributed by atoms with Gasteiger partial charge in [0.1, 0.15) is 0 Å². The molecule has 2 heterocycles. The van der Waals surface area contributed by atoms with Gasteiger partial charge in [-0.1, -0.05) is 13.3 Å². The third-order valence-corrected chi connectivity index (χ3v) is 6.45. The van der Waals surface area contributed by atoms with Crippen LogP contribution in [0.3, 0.4) is 0 Å². The van der Waals surface area contributed by atoms with Gasteiger partial charge in [0.15, 0.2) is 0 Å². The van der Waals surface area contributed by atoms with Gasteiger partial charge in [-0.2, -0.15) is 0 Å². The van der Waals surface area contributed by atoms with Crippen molar-refractivity contribution >= 4 is 24.2 Å². The number of halogens is 1. The van der Waals surface area contributed by atoms with Crippen LogP contribution in [-0.4, -0.2) is 48.9 Å². The van der Waals surface area contributed by atoms with Crippen LogP contribution in [0.25, 0.3) is 0 Å². The number of carbonyl (C=O) groups excluding carboxylic acids is 2. The van der Waals surface area contributed by atoms with Crippen LogP contribution in [0, 0.1) is 17.3 Å². The summed E-state index contributed by atoms with van der Waals surface area (Å²) in [5, 5.41) is 6.44. The van der Waals surface area contributed by atoms with Gasteiger partial charge in [0.2, 0.25) is 11.8 Å². The Morgan fingerprint density at radius 3 is 2.64 bits per heavy atom. The molecule has 5 nitrogen and oxygen atoms in total. The molecule has 6 heteroatoms. The second kappa shape index (κ2) is 8.72. The maximum atomic E-state index is 13.0. The highest BCUT2D eigenvalue weighted by atomic mass is 35.5. The molecule has 2 saturated heterocycles. The van der Waals surface area contributed by atoms with Gasteiger partial charge in [0, 0.05) is 25.0 Å². The van der Waals surface area contributed by atoms with Crippen molar-refractivity contribution in [2.45, 2.75) is 64.8 Å². The molecule has 1 spiro atoms. The molecule has 0 aromatic carbocycles. The van der Waals surface area contributed by atoms with Crippen molar-refractivity contribution in [3.8, 4) is 0 Å². The van der Waals surface area contributed by atoms with Gasteiger partial charge in [0.05, 0.1) is 5.92 Å². The van der Waals surface area contributed by atoms with E-state index in [4.69, 9.17) is 0 Å². The van der Waals surface area contributed by atoms with E-state index >= 15 is 0 Å². The Hall–Kier alpha value is -0.810. The number of hydrogen-bond acceptors (Lipinski definition) is 3. The van der Waals surface area contributed by atoms with E-state index in [9.17, 15) is 9.59 Å². The average molecular weight is 372 g/mol. The summed E-state index contributed by atoms with van der Waals surface area (Å²) >= 11 is 0. The fraction of sp³-hybridized carbons (Fsp3) is 0.895. The first kappa shape index (κ1) is 20.5. The minimum Gasteiger partial charge on any atom is -0.356 e. The van der Waals surface area contributed by atoms with E-state index in [2.05, 4.69) is 24.5 Å². The number of unbranched alkanes of at least 4 members (excludes halogenated alkanes) is 1. The maximum absolute atomic E-state index is 13.0. The molecular weight excluding hydrogens is 338 g/mol. The van der Waals surface area contributed by atoms with Crippen LogP contribution >= 0.6 is 12.4 Å². The summed E-state index contributed by atoms with van der Waals surface area (Å²) in [4.78, 5) is 27.4. The van der Waals surface area contributed by atoms with E-state index in [1.165, 1.54) is 0 Å². The lowest BCUT2D eigenvalue weighted by atomic mass is 9.89. The number of nitrogens with zero attached hydrogens (tertiary/aromatic N) is 1. The van der Waals surface area contributed by atoms with Crippen molar-refractivity contribution < 1.29 is 9.59 Å². The van der Waals surface area contributed by atoms with Gasteiger partial charge in [-0.3, -0.25) is 9.59 Å². The normalized spacial score (nSPS) is 30.5. The van der Waals surface area contributed by atoms with Crippen LogP contribution < -0.4 is 10.6 Å². The first-order valence-corrected chi connectivity index (χ1v) is 9.86. The Bertz CT molecular complexity index is 479. The summed E-state index contributed by atoms with van der Waals surface area (Å²) in [7, 11) is 0. The van der Waals surface area contributed by atoms with E-state index in [0.717, 1.165) is 64.6 Å². The molecule has 0 aromatic heterocycles. The summed E-state index contributed by atoms with van der Waals surface area (Å²) < 4.78 is 0. The first-order valence-electron chi connectivity index (χ1n) is 9.86. The van der Waals surface area contributed by atoms with Gasteiger partial charge >= 0.3 is 0 Å². The zero-order valence-electron chi connectivity index (χ0n) is 15.7. The number of amides is 2. The molecule has 0 radical (unpaired) electrons. The molecule has 2 aliphatic heterocycles. The average Bonchev–Trinajstić information content (AvgIpc) is 3.28. The molecule has 1 aliphatic carbocycles. The smallest absolute Gasteiger partial charge is 0.226 e. The van der Waals surface area contributed by atoms with Crippen molar-refractivity contribution in [2.75, 3.05) is 26.2 Å². The number of hydrogen-bond donors (Lipinski definition) is 2. The topological polar surface area (TPSA) is 61.4 Å². The van der Waals surface area contributed by atoms with E-state index in [-0.39, 0.29) is 41.6 Å². The Labute approximate surface area is 158 Å². The quantitative estimate of drug-likeness (QED) is 0.729. The van der Waals surface area contributed by atoms with Crippen molar-refractivity contribution in [3.05, 3.63) is 0 Å². The summed E-state index contributed by atoms with van der Waals surface area (Å²) in [5.41, 5.74) is 0.276. The number of piperidine rings is 2. The molecule has 3 aliphatic rings. The van der Waals surface area contributed by atoms with Gasteiger partial charge < -0.3 is 15.5 Å². The zero-order chi connectivity index (χ0) is 17.2. The molecule has 2 amide bonds. The fourth-order valence-corrected chi connectivity index (χ4v) is 4.54. The van der Waals surface area contributed by atoms with Gasteiger partial charge in [0.25, 0.3) is 0 Å². The number of rotatable bonds is 5.